The lowest BCUT2D eigenvalue weighted by Crippen LogP contribution is -2.49. The highest BCUT2D eigenvalue weighted by Crippen LogP contribution is 2.22. The van der Waals surface area contributed by atoms with E-state index < -0.39 is 30.1 Å². The lowest BCUT2D eigenvalue weighted by atomic mass is 10.1. The highest BCUT2D eigenvalue weighted by atomic mass is 35.5. The molecule has 162 valence electrons. The number of fused-ring (bicyclic) bond motifs is 1. The van der Waals surface area contributed by atoms with Crippen LogP contribution in [0.5, 0.6) is 5.75 Å². The third-order valence-corrected chi connectivity index (χ3v) is 4.76. The zero-order valence-electron chi connectivity index (χ0n) is 16.7. The van der Waals surface area contributed by atoms with Crippen LogP contribution in [0, 0.1) is 6.92 Å². The summed E-state index contributed by atoms with van der Waals surface area (Å²) in [5.41, 5.74) is 1.46. The fraction of sp³-hybridized carbons (Fsp3) is 0.227. The van der Waals surface area contributed by atoms with Gasteiger partial charge in [-0.1, -0.05) is 23.7 Å². The number of halogens is 1. The van der Waals surface area contributed by atoms with E-state index in [1.54, 1.807) is 43.3 Å². The Bertz CT molecular complexity index is 1140. The second kappa shape index (κ2) is 10.1. The van der Waals surface area contributed by atoms with Gasteiger partial charge in [-0.25, -0.2) is 4.79 Å². The molecule has 1 atom stereocenters. The minimum atomic E-state index is -1.12. The lowest BCUT2D eigenvalue weighted by Gasteiger charge is -2.16. The largest absolute Gasteiger partial charge is 0.484 e. The van der Waals surface area contributed by atoms with Crippen LogP contribution in [0.25, 0.3) is 11.0 Å². The summed E-state index contributed by atoms with van der Waals surface area (Å²) in [4.78, 5) is 35.9. The predicted octanol–water partition coefficient (Wildman–Crippen LogP) is 1.93. The summed E-state index contributed by atoms with van der Waals surface area (Å²) in [7, 11) is 0. The predicted molar refractivity (Wildman–Crippen MR) is 115 cm³/mol. The molecule has 0 spiro atoms. The van der Waals surface area contributed by atoms with Crippen LogP contribution in [0.1, 0.15) is 11.1 Å². The summed E-state index contributed by atoms with van der Waals surface area (Å²) >= 11 is 5.82. The van der Waals surface area contributed by atoms with E-state index in [1.165, 1.54) is 12.1 Å². The summed E-state index contributed by atoms with van der Waals surface area (Å²) in [6, 6.07) is 12.1. The molecule has 3 N–H and O–H groups in total. The number of nitrogens with one attached hydrogen (secondary N) is 2. The first-order valence-electron chi connectivity index (χ1n) is 9.45. The number of aryl methyl sites for hydroxylation is 1. The molecule has 3 aromatic rings. The first-order chi connectivity index (χ1) is 14.9. The maximum absolute atomic E-state index is 12.2. The Labute approximate surface area is 182 Å². The molecule has 1 heterocycles. The van der Waals surface area contributed by atoms with Crippen molar-refractivity contribution in [3.8, 4) is 5.75 Å². The van der Waals surface area contributed by atoms with Crippen molar-refractivity contribution in [2.75, 3.05) is 13.2 Å². The molecule has 0 saturated carbocycles. The molecule has 0 unspecified atom stereocenters. The normalized spacial score (nSPS) is 11.7. The van der Waals surface area contributed by atoms with E-state index in [1.807, 2.05) is 0 Å². The van der Waals surface area contributed by atoms with Gasteiger partial charge in [-0.15, -0.1) is 0 Å². The first-order valence-corrected chi connectivity index (χ1v) is 9.83. The Morgan fingerprint density at radius 1 is 1.16 bits per heavy atom. The van der Waals surface area contributed by atoms with E-state index in [0.717, 1.165) is 16.5 Å². The van der Waals surface area contributed by atoms with Gasteiger partial charge in [0.1, 0.15) is 17.4 Å². The number of carbonyl (C=O) groups is 2. The number of ether oxygens (including phenoxy) is 1. The topological polar surface area (TPSA) is 118 Å². The summed E-state index contributed by atoms with van der Waals surface area (Å²) in [5, 5.41) is 15.9. The number of benzene rings is 2. The van der Waals surface area contributed by atoms with E-state index in [-0.39, 0.29) is 13.2 Å². The van der Waals surface area contributed by atoms with E-state index in [9.17, 15) is 19.5 Å². The van der Waals surface area contributed by atoms with E-state index in [2.05, 4.69) is 10.6 Å². The molecule has 0 fully saturated rings. The molecule has 0 bridgehead atoms. The second-order valence-electron chi connectivity index (χ2n) is 6.84. The maximum Gasteiger partial charge on any atom is 0.336 e. The third kappa shape index (κ3) is 6.07. The molecule has 2 amide bonds. The van der Waals surface area contributed by atoms with Crippen LogP contribution < -0.4 is 21.0 Å². The van der Waals surface area contributed by atoms with Gasteiger partial charge in [0.2, 0.25) is 5.91 Å². The van der Waals surface area contributed by atoms with Gasteiger partial charge in [-0.2, -0.15) is 0 Å². The molecule has 31 heavy (non-hydrogen) atoms. The Morgan fingerprint density at radius 3 is 2.61 bits per heavy atom. The quantitative estimate of drug-likeness (QED) is 0.457. The second-order valence-corrected chi connectivity index (χ2v) is 7.28. The zero-order chi connectivity index (χ0) is 22.4. The van der Waals surface area contributed by atoms with Crippen LogP contribution in [0.2, 0.25) is 5.02 Å². The van der Waals surface area contributed by atoms with Crippen LogP contribution >= 0.6 is 11.6 Å². The zero-order valence-corrected chi connectivity index (χ0v) is 17.4. The Kier molecular flexibility index (Phi) is 7.28. The van der Waals surface area contributed by atoms with Crippen LogP contribution in [-0.4, -0.2) is 36.2 Å². The fourth-order valence-electron chi connectivity index (χ4n) is 2.89. The summed E-state index contributed by atoms with van der Waals surface area (Å²) in [6.07, 6.45) is 0. The highest BCUT2D eigenvalue weighted by Gasteiger charge is 2.20. The van der Waals surface area contributed by atoms with Crippen molar-refractivity contribution in [3.05, 3.63) is 75.1 Å². The molecular weight excluding hydrogens is 424 g/mol. The summed E-state index contributed by atoms with van der Waals surface area (Å²) in [5.74, 6) is -0.802. The van der Waals surface area contributed by atoms with Gasteiger partial charge in [0.05, 0.1) is 6.61 Å². The van der Waals surface area contributed by atoms with Gasteiger partial charge in [0.25, 0.3) is 5.91 Å². The van der Waals surface area contributed by atoms with Crippen LogP contribution in [0.3, 0.4) is 0 Å². The lowest BCUT2D eigenvalue weighted by molar-refractivity contribution is -0.131. The van der Waals surface area contributed by atoms with E-state index >= 15 is 0 Å². The molecule has 0 radical (unpaired) electrons. The average Bonchev–Trinajstić information content (AvgIpc) is 2.75. The summed E-state index contributed by atoms with van der Waals surface area (Å²) in [6.45, 7) is 1.06. The first kappa shape index (κ1) is 22.3. The van der Waals surface area contributed by atoms with E-state index in [4.69, 9.17) is 20.8 Å². The van der Waals surface area contributed by atoms with Gasteiger partial charge >= 0.3 is 5.63 Å². The molecule has 0 aliphatic rings. The molecule has 1 aromatic heterocycles. The van der Waals surface area contributed by atoms with Gasteiger partial charge in [-0.3, -0.25) is 9.59 Å². The number of hydrogen-bond acceptors (Lipinski definition) is 6. The van der Waals surface area contributed by atoms with Crippen LogP contribution in [0.15, 0.2) is 57.7 Å². The van der Waals surface area contributed by atoms with Gasteiger partial charge in [-0.05, 0) is 42.3 Å². The van der Waals surface area contributed by atoms with Crippen molar-refractivity contribution >= 4 is 34.4 Å². The van der Waals surface area contributed by atoms with Crippen LogP contribution in [-0.2, 0) is 16.1 Å². The molecule has 3 rings (SSSR count). The fourth-order valence-corrected chi connectivity index (χ4v) is 3.01. The monoisotopic (exact) mass is 444 g/mol. The Morgan fingerprint density at radius 2 is 1.90 bits per heavy atom. The van der Waals surface area contributed by atoms with Crippen molar-refractivity contribution in [2.45, 2.75) is 19.5 Å². The standard InChI is InChI=1S/C22H21ClN2O6/c1-13-8-21(28)31-19-9-16(6-7-17(13)19)30-12-20(27)25-18(11-26)22(29)24-10-14-2-4-15(23)5-3-14/h2-9,18,26H,10-12H2,1H3,(H,24,29)(H,25,27)/t18-/m0/s1. The van der Waals surface area contributed by atoms with E-state index in [0.29, 0.717) is 16.4 Å². The molecule has 0 aliphatic carbocycles. The number of aliphatic hydroxyl groups excluding tert-OH is 1. The number of rotatable bonds is 8. The average molecular weight is 445 g/mol. The van der Waals surface area contributed by atoms with Crippen molar-refractivity contribution in [2.24, 2.45) is 0 Å². The van der Waals surface area contributed by atoms with Gasteiger partial charge in [0, 0.05) is 29.1 Å². The number of aliphatic hydroxyl groups is 1. The minimum absolute atomic E-state index is 0.223. The highest BCUT2D eigenvalue weighted by molar-refractivity contribution is 6.30. The molecule has 2 aromatic carbocycles. The number of hydrogen-bond donors (Lipinski definition) is 3. The van der Waals surface area contributed by atoms with Gasteiger partial charge < -0.3 is 24.9 Å². The van der Waals surface area contributed by atoms with Crippen molar-refractivity contribution in [1.82, 2.24) is 10.6 Å². The molecule has 8 nitrogen and oxygen atoms in total. The SMILES string of the molecule is Cc1cc(=O)oc2cc(OCC(=O)N[C@@H](CO)C(=O)NCc3ccc(Cl)cc3)ccc12. The molecule has 0 saturated heterocycles. The Balaban J connectivity index is 1.53. The molecule has 9 heteroatoms. The number of amides is 2. The van der Waals surface area contributed by atoms with Gasteiger partial charge in [0.15, 0.2) is 6.61 Å². The minimum Gasteiger partial charge on any atom is -0.484 e. The Hall–Kier alpha value is -3.36. The van der Waals surface area contributed by atoms with Crippen molar-refractivity contribution in [3.63, 3.8) is 0 Å². The third-order valence-electron chi connectivity index (χ3n) is 4.51. The van der Waals surface area contributed by atoms with Crippen molar-refractivity contribution < 1.29 is 23.8 Å². The number of carbonyl (C=O) groups excluding carboxylic acids is 2. The molecule has 0 aliphatic heterocycles. The molecular formula is C22H21ClN2O6. The summed E-state index contributed by atoms with van der Waals surface area (Å²) < 4.78 is 10.6. The van der Waals surface area contributed by atoms with Crippen molar-refractivity contribution in [1.29, 1.82) is 0 Å². The smallest absolute Gasteiger partial charge is 0.336 e. The maximum atomic E-state index is 12.2. The van der Waals surface area contributed by atoms with Crippen LogP contribution in [0.4, 0.5) is 0 Å².